The van der Waals surface area contributed by atoms with Crippen LogP contribution in [0.5, 0.6) is 0 Å². The average molecular weight is 281 g/mol. The van der Waals surface area contributed by atoms with Crippen LogP contribution in [0.2, 0.25) is 0 Å². The number of thiophene rings is 1. The number of carboxylic acid groups (broad SMARTS) is 1. The summed E-state index contributed by atoms with van der Waals surface area (Å²) in [7, 11) is 0. The number of carboxylic acids is 1. The lowest BCUT2D eigenvalue weighted by atomic mass is 10.0. The summed E-state index contributed by atoms with van der Waals surface area (Å²) in [6, 6.07) is 3.81. The van der Waals surface area contributed by atoms with Crippen LogP contribution in [0.4, 0.5) is 0 Å². The zero-order valence-corrected chi connectivity index (χ0v) is 12.4. The van der Waals surface area contributed by atoms with Gasteiger partial charge in [-0.05, 0) is 31.2 Å². The second-order valence-electron chi connectivity index (χ2n) is 4.77. The van der Waals surface area contributed by atoms with Crippen LogP contribution in [0.25, 0.3) is 0 Å². The van der Waals surface area contributed by atoms with Crippen molar-refractivity contribution in [3.63, 3.8) is 0 Å². The van der Waals surface area contributed by atoms with Crippen molar-refractivity contribution < 1.29 is 14.7 Å². The Morgan fingerprint density at radius 1 is 1.26 bits per heavy atom. The Hall–Kier alpha value is -1.62. The standard InChI is InChI=1S/C14H19NO3S/c1-8(2)12(11-6-5-7-19-11)15-13(16)9(3)10(4)14(17)18/h5-8,12H,1-4H3,(H,15,16)(H,17,18). The maximum atomic E-state index is 12.1. The third kappa shape index (κ3) is 3.92. The number of nitrogens with one attached hydrogen (secondary N) is 1. The highest BCUT2D eigenvalue weighted by molar-refractivity contribution is 7.10. The van der Waals surface area contributed by atoms with Crippen molar-refractivity contribution in [2.24, 2.45) is 5.92 Å². The summed E-state index contributed by atoms with van der Waals surface area (Å²) >= 11 is 1.58. The van der Waals surface area contributed by atoms with Gasteiger partial charge in [0.1, 0.15) is 0 Å². The quantitative estimate of drug-likeness (QED) is 0.815. The molecule has 0 radical (unpaired) electrons. The number of hydrogen-bond acceptors (Lipinski definition) is 3. The Balaban J connectivity index is 2.90. The maximum Gasteiger partial charge on any atom is 0.331 e. The average Bonchev–Trinajstić information content (AvgIpc) is 2.86. The minimum atomic E-state index is -1.06. The summed E-state index contributed by atoms with van der Waals surface area (Å²) < 4.78 is 0. The van der Waals surface area contributed by atoms with E-state index in [4.69, 9.17) is 5.11 Å². The molecule has 0 spiro atoms. The molecular weight excluding hydrogens is 262 g/mol. The Bertz CT molecular complexity index is 489. The van der Waals surface area contributed by atoms with Crippen molar-refractivity contribution >= 4 is 23.2 Å². The molecule has 0 aliphatic heterocycles. The largest absolute Gasteiger partial charge is 0.478 e. The smallest absolute Gasteiger partial charge is 0.331 e. The van der Waals surface area contributed by atoms with Gasteiger partial charge in [0.25, 0.3) is 0 Å². The van der Waals surface area contributed by atoms with Gasteiger partial charge in [-0.3, -0.25) is 4.79 Å². The van der Waals surface area contributed by atoms with Crippen molar-refractivity contribution in [3.05, 3.63) is 33.5 Å². The van der Waals surface area contributed by atoms with Crippen LogP contribution in [-0.4, -0.2) is 17.0 Å². The highest BCUT2D eigenvalue weighted by atomic mass is 32.1. The fraction of sp³-hybridized carbons (Fsp3) is 0.429. The van der Waals surface area contributed by atoms with Crippen LogP contribution < -0.4 is 5.32 Å². The summed E-state index contributed by atoms with van der Waals surface area (Å²) in [5.74, 6) is -1.16. The molecule has 0 aromatic carbocycles. The van der Waals surface area contributed by atoms with Gasteiger partial charge in [-0.1, -0.05) is 19.9 Å². The SMILES string of the molecule is CC(C(=O)O)=C(C)C(=O)NC(c1cccs1)C(C)C. The molecule has 1 aromatic heterocycles. The van der Waals surface area contributed by atoms with Gasteiger partial charge >= 0.3 is 5.97 Å². The molecule has 1 heterocycles. The Labute approximate surface area is 117 Å². The molecule has 0 saturated heterocycles. The lowest BCUT2D eigenvalue weighted by molar-refractivity contribution is -0.133. The van der Waals surface area contributed by atoms with Crippen LogP contribution in [0, 0.1) is 5.92 Å². The third-order valence-corrected chi connectivity index (χ3v) is 3.98. The second-order valence-corrected chi connectivity index (χ2v) is 5.74. The second kappa shape index (κ2) is 6.52. The molecule has 0 saturated carbocycles. The van der Waals surface area contributed by atoms with Gasteiger partial charge in [-0.15, -0.1) is 11.3 Å². The van der Waals surface area contributed by atoms with Gasteiger partial charge in [0.05, 0.1) is 6.04 Å². The number of hydrogen-bond donors (Lipinski definition) is 2. The fourth-order valence-corrected chi connectivity index (χ4v) is 2.56. The molecule has 0 fully saturated rings. The fourth-order valence-electron chi connectivity index (χ4n) is 1.61. The molecule has 104 valence electrons. The summed E-state index contributed by atoms with van der Waals surface area (Å²) in [6.45, 7) is 7.01. The normalized spacial score (nSPS) is 13.9. The molecular formula is C14H19NO3S. The third-order valence-electron chi connectivity index (χ3n) is 3.03. The van der Waals surface area contributed by atoms with E-state index in [-0.39, 0.29) is 29.0 Å². The Morgan fingerprint density at radius 2 is 1.89 bits per heavy atom. The van der Waals surface area contributed by atoms with Crippen molar-refractivity contribution in [1.82, 2.24) is 5.32 Å². The lowest BCUT2D eigenvalue weighted by Crippen LogP contribution is -2.32. The lowest BCUT2D eigenvalue weighted by Gasteiger charge is -2.21. The van der Waals surface area contributed by atoms with Gasteiger partial charge in [0, 0.05) is 16.0 Å². The summed E-state index contributed by atoms with van der Waals surface area (Å²) in [5.41, 5.74) is 0.320. The number of aliphatic carboxylic acids is 1. The van der Waals surface area contributed by atoms with E-state index in [0.29, 0.717) is 0 Å². The van der Waals surface area contributed by atoms with E-state index in [2.05, 4.69) is 5.32 Å². The van der Waals surface area contributed by atoms with Gasteiger partial charge < -0.3 is 10.4 Å². The zero-order chi connectivity index (χ0) is 14.6. The van der Waals surface area contributed by atoms with Gasteiger partial charge in [-0.2, -0.15) is 0 Å². The minimum absolute atomic E-state index is 0.0752. The van der Waals surface area contributed by atoms with E-state index in [0.717, 1.165) is 4.88 Å². The zero-order valence-electron chi connectivity index (χ0n) is 11.6. The summed E-state index contributed by atoms with van der Waals surface area (Å²) in [6.07, 6.45) is 0. The van der Waals surface area contributed by atoms with Crippen molar-refractivity contribution in [2.45, 2.75) is 33.7 Å². The first-order valence-electron chi connectivity index (χ1n) is 6.09. The molecule has 19 heavy (non-hydrogen) atoms. The predicted octanol–water partition coefficient (Wildman–Crippen LogP) is 2.98. The van der Waals surface area contributed by atoms with E-state index < -0.39 is 5.97 Å². The van der Waals surface area contributed by atoms with Crippen LogP contribution >= 0.6 is 11.3 Å². The Kier molecular flexibility index (Phi) is 5.30. The molecule has 1 rings (SSSR count). The Morgan fingerprint density at radius 3 is 2.32 bits per heavy atom. The highest BCUT2D eigenvalue weighted by Crippen LogP contribution is 2.26. The molecule has 1 aromatic rings. The highest BCUT2D eigenvalue weighted by Gasteiger charge is 2.21. The van der Waals surface area contributed by atoms with E-state index >= 15 is 0 Å². The molecule has 0 aliphatic carbocycles. The summed E-state index contributed by atoms with van der Waals surface area (Å²) in [5, 5.41) is 13.8. The number of carbonyl (C=O) groups is 2. The molecule has 0 bridgehead atoms. The van der Waals surface area contributed by atoms with E-state index in [9.17, 15) is 9.59 Å². The van der Waals surface area contributed by atoms with Crippen molar-refractivity contribution in [1.29, 1.82) is 0 Å². The predicted molar refractivity (Wildman–Crippen MR) is 76.1 cm³/mol. The number of rotatable bonds is 5. The van der Waals surface area contributed by atoms with Crippen LogP contribution in [0.1, 0.15) is 38.6 Å². The molecule has 1 unspecified atom stereocenters. The van der Waals surface area contributed by atoms with Gasteiger partial charge in [0.15, 0.2) is 0 Å². The maximum absolute atomic E-state index is 12.1. The topological polar surface area (TPSA) is 66.4 Å². The van der Waals surface area contributed by atoms with Crippen LogP contribution in [0.3, 0.4) is 0 Å². The molecule has 0 aliphatic rings. The summed E-state index contributed by atoms with van der Waals surface area (Å²) in [4.78, 5) is 24.0. The van der Waals surface area contributed by atoms with Gasteiger partial charge in [0.2, 0.25) is 5.91 Å². The molecule has 1 amide bonds. The van der Waals surface area contributed by atoms with Crippen LogP contribution in [-0.2, 0) is 9.59 Å². The monoisotopic (exact) mass is 281 g/mol. The van der Waals surface area contributed by atoms with E-state index in [1.807, 2.05) is 31.4 Å². The number of carbonyl (C=O) groups excluding carboxylic acids is 1. The van der Waals surface area contributed by atoms with Gasteiger partial charge in [-0.25, -0.2) is 4.79 Å². The molecule has 2 N–H and O–H groups in total. The first-order valence-corrected chi connectivity index (χ1v) is 6.97. The van der Waals surface area contributed by atoms with Crippen LogP contribution in [0.15, 0.2) is 28.7 Å². The van der Waals surface area contributed by atoms with Crippen molar-refractivity contribution in [3.8, 4) is 0 Å². The first kappa shape index (κ1) is 15.4. The van der Waals surface area contributed by atoms with E-state index in [1.54, 1.807) is 11.3 Å². The molecule has 1 atom stereocenters. The van der Waals surface area contributed by atoms with E-state index in [1.165, 1.54) is 13.8 Å². The molecule has 4 nitrogen and oxygen atoms in total. The molecule has 5 heteroatoms. The van der Waals surface area contributed by atoms with Crippen molar-refractivity contribution in [2.75, 3.05) is 0 Å². The first-order chi connectivity index (χ1) is 8.84. The number of amides is 1. The minimum Gasteiger partial charge on any atom is -0.478 e.